The molecule has 0 aromatic heterocycles. The van der Waals surface area contributed by atoms with Crippen LogP contribution in [0.4, 0.5) is 14.5 Å². The maximum absolute atomic E-state index is 15.0. The maximum atomic E-state index is 15.0. The predicted molar refractivity (Wildman–Crippen MR) is 126 cm³/mol. The van der Waals surface area contributed by atoms with E-state index in [9.17, 15) is 9.59 Å². The molecule has 0 bridgehead atoms. The van der Waals surface area contributed by atoms with Crippen LogP contribution in [-0.4, -0.2) is 68.3 Å². The summed E-state index contributed by atoms with van der Waals surface area (Å²) in [6.45, 7) is 2.88. The van der Waals surface area contributed by atoms with Crippen LogP contribution in [0.5, 0.6) is 11.5 Å². The topological polar surface area (TPSA) is 92.4 Å². The van der Waals surface area contributed by atoms with Gasteiger partial charge in [0.25, 0.3) is 5.91 Å². The fraction of sp³-hybridized carbons (Fsp3) is 0.360. The molecule has 11 heteroatoms. The first-order valence-electron chi connectivity index (χ1n) is 11.7. The lowest BCUT2D eigenvalue weighted by atomic mass is 10.1. The Bertz CT molecular complexity index is 1180. The van der Waals surface area contributed by atoms with Gasteiger partial charge in [0.2, 0.25) is 12.0 Å². The number of ether oxygens (including phenoxy) is 2. The van der Waals surface area contributed by atoms with Crippen molar-refractivity contribution in [1.29, 1.82) is 0 Å². The lowest BCUT2D eigenvalue weighted by molar-refractivity contribution is -0.141. The summed E-state index contributed by atoms with van der Waals surface area (Å²) >= 11 is 0. The number of piperazine rings is 1. The number of hydrogen-bond acceptors (Lipinski definition) is 7. The molecule has 3 heterocycles. The van der Waals surface area contributed by atoms with Crippen molar-refractivity contribution in [3.63, 3.8) is 0 Å². The zero-order valence-electron chi connectivity index (χ0n) is 19.6. The molecular weight excluding hydrogens is 474 g/mol. The zero-order chi connectivity index (χ0) is 25.2. The van der Waals surface area contributed by atoms with Crippen molar-refractivity contribution in [3.8, 4) is 11.5 Å². The van der Waals surface area contributed by atoms with Crippen molar-refractivity contribution in [1.82, 2.24) is 15.7 Å². The highest BCUT2D eigenvalue weighted by Crippen LogP contribution is 2.32. The zero-order valence-corrected chi connectivity index (χ0v) is 19.6. The third kappa shape index (κ3) is 4.92. The quantitative estimate of drug-likeness (QED) is 0.647. The number of anilines is 1. The monoisotopic (exact) mass is 500 g/mol. The second kappa shape index (κ2) is 10.0. The molecule has 0 spiro atoms. The van der Waals surface area contributed by atoms with Gasteiger partial charge < -0.3 is 24.6 Å². The van der Waals surface area contributed by atoms with Gasteiger partial charge in [0.05, 0.1) is 12.2 Å². The number of halogens is 2. The van der Waals surface area contributed by atoms with Crippen LogP contribution >= 0.6 is 0 Å². The number of rotatable bonds is 5. The molecule has 2 aromatic rings. The van der Waals surface area contributed by atoms with E-state index < -0.39 is 23.8 Å². The highest BCUT2D eigenvalue weighted by molar-refractivity contribution is 5.82. The van der Waals surface area contributed by atoms with Crippen LogP contribution in [-0.2, 0) is 14.4 Å². The average molecular weight is 501 g/mol. The van der Waals surface area contributed by atoms with E-state index in [1.54, 1.807) is 34.1 Å². The smallest absolute Gasteiger partial charge is 0.267 e. The Labute approximate surface area is 206 Å². The van der Waals surface area contributed by atoms with Crippen LogP contribution in [0.3, 0.4) is 0 Å². The maximum Gasteiger partial charge on any atom is 0.267 e. The Kier molecular flexibility index (Phi) is 6.64. The predicted octanol–water partition coefficient (Wildman–Crippen LogP) is 1.83. The second-order valence-electron chi connectivity index (χ2n) is 8.74. The van der Waals surface area contributed by atoms with Gasteiger partial charge in [-0.2, -0.15) is 0 Å². The van der Waals surface area contributed by atoms with Crippen LogP contribution in [0.2, 0.25) is 0 Å². The fourth-order valence-corrected chi connectivity index (χ4v) is 4.41. The lowest BCUT2D eigenvalue weighted by Crippen LogP contribution is -2.54. The van der Waals surface area contributed by atoms with Crippen molar-refractivity contribution in [2.45, 2.75) is 19.1 Å². The molecule has 36 heavy (non-hydrogen) atoms. The van der Waals surface area contributed by atoms with Gasteiger partial charge in [-0.05, 0) is 30.3 Å². The molecule has 2 unspecified atom stereocenters. The van der Waals surface area contributed by atoms with E-state index in [0.717, 1.165) is 0 Å². The number of nitrogens with zero attached hydrogens (tertiary/aromatic N) is 2. The minimum absolute atomic E-state index is 0.111. The third-order valence-electron chi connectivity index (χ3n) is 6.24. The molecule has 0 aliphatic carbocycles. The van der Waals surface area contributed by atoms with Crippen molar-refractivity contribution in [2.24, 2.45) is 0 Å². The van der Waals surface area contributed by atoms with E-state index in [4.69, 9.17) is 14.3 Å². The molecule has 2 amide bonds. The summed E-state index contributed by atoms with van der Waals surface area (Å²) in [5, 5.41) is 2.63. The summed E-state index contributed by atoms with van der Waals surface area (Å²) < 4.78 is 41.5. The molecule has 2 aromatic carbocycles. The van der Waals surface area contributed by atoms with Crippen molar-refractivity contribution < 1.29 is 32.7 Å². The molecule has 3 aliphatic heterocycles. The number of benzene rings is 2. The van der Waals surface area contributed by atoms with Gasteiger partial charge in [0.1, 0.15) is 30.0 Å². The van der Waals surface area contributed by atoms with Gasteiger partial charge >= 0.3 is 0 Å². The molecule has 9 nitrogen and oxygen atoms in total. The molecule has 1 saturated heterocycles. The van der Waals surface area contributed by atoms with Crippen LogP contribution in [0, 0.1) is 11.6 Å². The molecule has 0 saturated carbocycles. The Hall–Kier alpha value is -3.86. The minimum atomic E-state index is -0.761. The van der Waals surface area contributed by atoms with Crippen molar-refractivity contribution >= 4 is 23.2 Å². The molecule has 3 aliphatic rings. The van der Waals surface area contributed by atoms with Crippen LogP contribution in [0.25, 0.3) is 5.70 Å². The second-order valence-corrected chi connectivity index (χ2v) is 8.74. The molecular formula is C25H26F2N4O5. The number of hydroxylamine groups is 1. The fourth-order valence-electron chi connectivity index (χ4n) is 4.41. The number of carbonyl (C=O) groups excluding carboxylic acids is 2. The summed E-state index contributed by atoms with van der Waals surface area (Å²) in [4.78, 5) is 32.6. The van der Waals surface area contributed by atoms with E-state index in [-0.39, 0.29) is 43.7 Å². The average Bonchev–Trinajstić information content (AvgIpc) is 3.36. The van der Waals surface area contributed by atoms with E-state index >= 15 is 8.78 Å². The number of carbonyl (C=O) groups is 2. The molecule has 0 radical (unpaired) electrons. The number of para-hydroxylation sites is 2. The SMILES string of the molecule is CC(=O)NCC1C=C(c2cc(F)c(N3CCN(C(=O)C4COc5ccccc5O4)CC3)c(F)c2)NO1. The first-order valence-corrected chi connectivity index (χ1v) is 11.7. The summed E-state index contributed by atoms with van der Waals surface area (Å²) in [6, 6.07) is 9.63. The highest BCUT2D eigenvalue weighted by Gasteiger charge is 2.33. The summed E-state index contributed by atoms with van der Waals surface area (Å²) in [5.74, 6) is -0.721. The van der Waals surface area contributed by atoms with E-state index in [1.807, 2.05) is 6.07 Å². The van der Waals surface area contributed by atoms with Gasteiger partial charge in [-0.3, -0.25) is 19.9 Å². The number of nitrogens with one attached hydrogen (secondary N) is 2. The molecule has 2 atom stereocenters. The molecule has 2 N–H and O–H groups in total. The number of fused-ring (bicyclic) bond motifs is 1. The Morgan fingerprint density at radius 1 is 1.08 bits per heavy atom. The van der Waals surface area contributed by atoms with Gasteiger partial charge in [-0.15, -0.1) is 0 Å². The minimum Gasteiger partial charge on any atom is -0.485 e. The van der Waals surface area contributed by atoms with Crippen LogP contribution in [0.15, 0.2) is 42.5 Å². The third-order valence-corrected chi connectivity index (χ3v) is 6.24. The van der Waals surface area contributed by atoms with Crippen molar-refractivity contribution in [3.05, 3.63) is 59.7 Å². The van der Waals surface area contributed by atoms with Crippen LogP contribution < -0.4 is 25.2 Å². The summed E-state index contributed by atoms with van der Waals surface area (Å²) in [5.41, 5.74) is 3.23. The Balaban J connectivity index is 1.21. The summed E-state index contributed by atoms with van der Waals surface area (Å²) in [7, 11) is 0. The van der Waals surface area contributed by atoms with E-state index in [1.165, 1.54) is 19.1 Å². The van der Waals surface area contributed by atoms with Gasteiger partial charge in [0.15, 0.2) is 11.5 Å². The first kappa shape index (κ1) is 23.9. The largest absolute Gasteiger partial charge is 0.485 e. The van der Waals surface area contributed by atoms with Gasteiger partial charge in [-0.1, -0.05) is 12.1 Å². The number of hydrogen-bond donors (Lipinski definition) is 2. The molecule has 5 rings (SSSR count). The van der Waals surface area contributed by atoms with E-state index in [0.29, 0.717) is 35.8 Å². The standard InChI is InChI=1S/C25H26F2N4O5/c1-15(32)28-13-17-12-20(29-36-17)16-10-18(26)24(19(27)11-16)30-6-8-31(9-7-30)25(33)23-14-34-21-4-2-3-5-22(21)35-23/h2-5,10-12,17,23,29H,6-9,13-14H2,1H3,(H,28,32). The van der Waals surface area contributed by atoms with Gasteiger partial charge in [-0.25, -0.2) is 8.78 Å². The highest BCUT2D eigenvalue weighted by atomic mass is 19.1. The molecule has 190 valence electrons. The van der Waals surface area contributed by atoms with E-state index in [2.05, 4.69) is 10.8 Å². The first-order chi connectivity index (χ1) is 17.4. The van der Waals surface area contributed by atoms with Crippen molar-refractivity contribution in [2.75, 3.05) is 44.2 Å². The Morgan fingerprint density at radius 3 is 2.47 bits per heavy atom. The van der Waals surface area contributed by atoms with Gasteiger partial charge in [0, 0.05) is 38.7 Å². The Morgan fingerprint density at radius 2 is 1.78 bits per heavy atom. The summed E-state index contributed by atoms with van der Waals surface area (Å²) in [6.07, 6.45) is 0.444. The molecule has 1 fully saturated rings. The lowest BCUT2D eigenvalue weighted by Gasteiger charge is -2.38. The van der Waals surface area contributed by atoms with Crippen LogP contribution in [0.1, 0.15) is 12.5 Å². The number of amides is 2. The normalized spacial score (nSPS) is 21.0.